The van der Waals surface area contributed by atoms with E-state index >= 15 is 0 Å². The van der Waals surface area contributed by atoms with Crippen LogP contribution in [-0.2, 0) is 18.4 Å². The van der Waals surface area contributed by atoms with Crippen LogP contribution < -0.4 is 5.56 Å². The van der Waals surface area contributed by atoms with Crippen molar-refractivity contribution in [3.8, 4) is 11.3 Å². The zero-order valence-electron chi connectivity index (χ0n) is 13.5. The first kappa shape index (κ1) is 14.9. The maximum Gasteiger partial charge on any atom is 0.258 e. The predicted octanol–water partition coefficient (Wildman–Crippen LogP) is 4.35. The second-order valence-electron chi connectivity index (χ2n) is 6.96. The second-order valence-corrected chi connectivity index (χ2v) is 7.35. The quantitative estimate of drug-likeness (QED) is 0.833. The summed E-state index contributed by atoms with van der Waals surface area (Å²) in [4.78, 5) is 16.7. The minimum absolute atomic E-state index is 0.00972. The van der Waals surface area contributed by atoms with E-state index in [1.165, 1.54) is 18.4 Å². The minimum Gasteiger partial charge on any atom is -0.331 e. The molecule has 23 heavy (non-hydrogen) atoms. The molecule has 2 aliphatic rings. The molecule has 2 aromatic rings. The number of H-pyrrole nitrogens is 1. The van der Waals surface area contributed by atoms with Crippen LogP contribution in [0.3, 0.4) is 0 Å². The van der Waals surface area contributed by atoms with Crippen LogP contribution in [0.4, 0.5) is 0 Å². The van der Waals surface area contributed by atoms with Gasteiger partial charge in [0.2, 0.25) is 0 Å². The third kappa shape index (κ3) is 2.15. The zero-order chi connectivity index (χ0) is 16.0. The highest BCUT2D eigenvalue weighted by Crippen LogP contribution is 2.49. The maximum atomic E-state index is 13.3. The average molecular weight is 326 g/mol. The highest BCUT2D eigenvalue weighted by atomic mass is 32.1. The summed E-state index contributed by atoms with van der Waals surface area (Å²) in [6.45, 7) is 2.78. The molecule has 2 aliphatic carbocycles. The van der Waals surface area contributed by atoms with Crippen LogP contribution in [0.2, 0.25) is 0 Å². The monoisotopic (exact) mass is 326 g/mol. The number of aromatic nitrogens is 2. The Bertz CT molecular complexity index is 872. The number of aromatic amines is 1. The molecule has 0 saturated heterocycles. The molecule has 1 N–H and O–H groups in total. The molecule has 120 valence electrons. The average Bonchev–Trinajstić information content (AvgIpc) is 2.99. The molecular formula is C19H22N2OS. The van der Waals surface area contributed by atoms with E-state index in [0.29, 0.717) is 11.3 Å². The first-order valence-electron chi connectivity index (χ1n) is 8.62. The van der Waals surface area contributed by atoms with Crippen molar-refractivity contribution < 1.29 is 0 Å². The molecule has 0 bridgehead atoms. The van der Waals surface area contributed by atoms with Crippen molar-refractivity contribution in [2.24, 2.45) is 0 Å². The van der Waals surface area contributed by atoms with Gasteiger partial charge >= 0.3 is 0 Å². The number of hydrogen-bond donors (Lipinski definition) is 1. The molecule has 0 aliphatic heterocycles. The molecule has 0 unspecified atom stereocenters. The van der Waals surface area contributed by atoms with Crippen molar-refractivity contribution in [3.63, 3.8) is 0 Å². The SMILES string of the molecule is CCCn1c(=S)[nH]c2c(c1=O)C1(CCCC1)Cc1ccccc1-2. The van der Waals surface area contributed by atoms with E-state index in [0.717, 1.165) is 42.5 Å². The fraction of sp³-hybridized carbons (Fsp3) is 0.474. The van der Waals surface area contributed by atoms with Gasteiger partial charge in [0.1, 0.15) is 0 Å². The molecular weight excluding hydrogens is 304 g/mol. The second kappa shape index (κ2) is 5.45. The summed E-state index contributed by atoms with van der Waals surface area (Å²) in [6.07, 6.45) is 6.55. The van der Waals surface area contributed by atoms with Crippen molar-refractivity contribution in [3.05, 3.63) is 50.5 Å². The molecule has 1 aromatic heterocycles. The molecule has 1 spiro atoms. The Morgan fingerprint density at radius 3 is 2.74 bits per heavy atom. The lowest BCUT2D eigenvalue weighted by atomic mass is 9.68. The van der Waals surface area contributed by atoms with E-state index in [1.807, 2.05) is 6.07 Å². The number of nitrogens with zero attached hydrogens (tertiary/aromatic N) is 1. The lowest BCUT2D eigenvalue weighted by molar-refractivity contribution is 0.419. The molecule has 0 atom stereocenters. The number of benzene rings is 1. The standard InChI is InChI=1S/C19H22N2OS/c1-2-11-21-17(22)15-16(20-18(21)23)14-8-4-3-7-13(14)12-19(15)9-5-6-10-19/h3-4,7-8H,2,5-6,9-12H2,1H3,(H,20,23). The molecule has 0 amide bonds. The molecule has 0 radical (unpaired) electrons. The maximum absolute atomic E-state index is 13.3. The van der Waals surface area contributed by atoms with E-state index in [-0.39, 0.29) is 11.0 Å². The van der Waals surface area contributed by atoms with E-state index in [1.54, 1.807) is 4.57 Å². The first-order chi connectivity index (χ1) is 11.2. The minimum atomic E-state index is 0.00972. The molecule has 1 saturated carbocycles. The highest BCUT2D eigenvalue weighted by molar-refractivity contribution is 7.71. The van der Waals surface area contributed by atoms with Crippen LogP contribution in [0.1, 0.15) is 50.2 Å². The van der Waals surface area contributed by atoms with Gasteiger partial charge in [-0.25, -0.2) is 0 Å². The molecule has 1 fully saturated rings. The van der Waals surface area contributed by atoms with Crippen molar-refractivity contribution >= 4 is 12.2 Å². The van der Waals surface area contributed by atoms with Gasteiger partial charge in [-0.2, -0.15) is 0 Å². The van der Waals surface area contributed by atoms with Crippen molar-refractivity contribution in [2.75, 3.05) is 0 Å². The number of hydrogen-bond acceptors (Lipinski definition) is 2. The fourth-order valence-corrected chi connectivity index (χ4v) is 4.82. The van der Waals surface area contributed by atoms with Crippen LogP contribution in [0.25, 0.3) is 11.3 Å². The van der Waals surface area contributed by atoms with Gasteiger partial charge in [0.05, 0.1) is 5.69 Å². The molecule has 1 aromatic carbocycles. The Kier molecular flexibility index (Phi) is 3.52. The van der Waals surface area contributed by atoms with Crippen LogP contribution in [-0.4, -0.2) is 9.55 Å². The van der Waals surface area contributed by atoms with Crippen LogP contribution in [0.5, 0.6) is 0 Å². The molecule has 4 heteroatoms. The number of nitrogens with one attached hydrogen (secondary N) is 1. The largest absolute Gasteiger partial charge is 0.331 e. The Morgan fingerprint density at radius 1 is 1.26 bits per heavy atom. The fourth-order valence-electron chi connectivity index (χ4n) is 4.54. The summed E-state index contributed by atoms with van der Waals surface area (Å²) in [7, 11) is 0. The summed E-state index contributed by atoms with van der Waals surface area (Å²) in [5.41, 5.74) is 4.64. The van der Waals surface area contributed by atoms with E-state index in [9.17, 15) is 4.79 Å². The molecule has 1 heterocycles. The zero-order valence-corrected chi connectivity index (χ0v) is 14.3. The Labute approximate surface area is 141 Å². The predicted molar refractivity (Wildman–Crippen MR) is 95.5 cm³/mol. The van der Waals surface area contributed by atoms with Gasteiger partial charge in [0.25, 0.3) is 5.56 Å². The Morgan fingerprint density at radius 2 is 2.00 bits per heavy atom. The lowest BCUT2D eigenvalue weighted by Gasteiger charge is -2.36. The van der Waals surface area contributed by atoms with Gasteiger partial charge in [0, 0.05) is 23.1 Å². The Hall–Kier alpha value is -1.68. The summed E-state index contributed by atoms with van der Waals surface area (Å²) in [5.74, 6) is 0. The van der Waals surface area contributed by atoms with E-state index in [4.69, 9.17) is 12.2 Å². The smallest absolute Gasteiger partial charge is 0.258 e. The van der Waals surface area contributed by atoms with Gasteiger partial charge in [-0.05, 0) is 43.5 Å². The topological polar surface area (TPSA) is 37.8 Å². The lowest BCUT2D eigenvalue weighted by Crippen LogP contribution is -2.40. The first-order valence-corrected chi connectivity index (χ1v) is 9.03. The Balaban J connectivity index is 2.07. The van der Waals surface area contributed by atoms with Crippen molar-refractivity contribution in [1.29, 1.82) is 0 Å². The molecule has 3 nitrogen and oxygen atoms in total. The summed E-state index contributed by atoms with van der Waals surface area (Å²) in [5, 5.41) is 0. The van der Waals surface area contributed by atoms with E-state index < -0.39 is 0 Å². The van der Waals surface area contributed by atoms with E-state index in [2.05, 4.69) is 30.1 Å². The summed E-state index contributed by atoms with van der Waals surface area (Å²) in [6, 6.07) is 8.46. The van der Waals surface area contributed by atoms with Crippen molar-refractivity contribution in [1.82, 2.24) is 9.55 Å². The van der Waals surface area contributed by atoms with Crippen LogP contribution in [0.15, 0.2) is 29.1 Å². The number of rotatable bonds is 2. The van der Waals surface area contributed by atoms with Gasteiger partial charge in [0.15, 0.2) is 4.77 Å². The van der Waals surface area contributed by atoms with Crippen LogP contribution >= 0.6 is 12.2 Å². The van der Waals surface area contributed by atoms with Crippen molar-refractivity contribution in [2.45, 2.75) is 57.4 Å². The van der Waals surface area contributed by atoms with Gasteiger partial charge < -0.3 is 4.98 Å². The van der Waals surface area contributed by atoms with Crippen LogP contribution in [0, 0.1) is 4.77 Å². The highest BCUT2D eigenvalue weighted by Gasteiger charge is 2.43. The van der Waals surface area contributed by atoms with Gasteiger partial charge in [-0.3, -0.25) is 9.36 Å². The number of fused-ring (bicyclic) bond motifs is 4. The van der Waals surface area contributed by atoms with Gasteiger partial charge in [-0.15, -0.1) is 0 Å². The normalized spacial score (nSPS) is 18.0. The molecule has 4 rings (SSSR count). The third-order valence-electron chi connectivity index (χ3n) is 5.54. The summed E-state index contributed by atoms with van der Waals surface area (Å²) >= 11 is 5.49. The van der Waals surface area contributed by atoms with Gasteiger partial charge in [-0.1, -0.05) is 44.0 Å². The summed E-state index contributed by atoms with van der Waals surface area (Å²) < 4.78 is 2.32. The third-order valence-corrected chi connectivity index (χ3v) is 5.86.